The number of rotatable bonds is 2. The summed E-state index contributed by atoms with van der Waals surface area (Å²) in [6.45, 7) is 3.97. The molecule has 0 spiro atoms. The van der Waals surface area contributed by atoms with Crippen LogP contribution in [0.4, 0.5) is 13.2 Å². The van der Waals surface area contributed by atoms with E-state index in [1.54, 1.807) is 0 Å². The van der Waals surface area contributed by atoms with Crippen LogP contribution in [0.25, 0.3) is 0 Å². The first-order valence-corrected chi connectivity index (χ1v) is 7.12. The van der Waals surface area contributed by atoms with Crippen molar-refractivity contribution in [2.24, 2.45) is 0 Å². The number of alkyl halides is 3. The Kier molecular flexibility index (Phi) is 3.87. The summed E-state index contributed by atoms with van der Waals surface area (Å²) >= 11 is 0. The lowest BCUT2D eigenvalue weighted by atomic mass is 10.1. The zero-order valence-electron chi connectivity index (χ0n) is 12.2. The fourth-order valence-electron chi connectivity index (χ4n) is 2.70. The van der Waals surface area contributed by atoms with Gasteiger partial charge in [0.05, 0.1) is 5.69 Å². The van der Waals surface area contributed by atoms with Gasteiger partial charge in [-0.2, -0.15) is 13.2 Å². The first-order valence-electron chi connectivity index (χ1n) is 7.12. The zero-order chi connectivity index (χ0) is 15.7. The van der Waals surface area contributed by atoms with Gasteiger partial charge in [0.15, 0.2) is 0 Å². The molecule has 0 fully saturated rings. The average molecular weight is 307 g/mol. The van der Waals surface area contributed by atoms with E-state index in [0.717, 1.165) is 17.7 Å². The second-order valence-corrected chi connectivity index (χ2v) is 5.61. The van der Waals surface area contributed by atoms with E-state index in [1.807, 2.05) is 25.1 Å². The lowest BCUT2D eigenvalue weighted by molar-refractivity contribution is -0.145. The Labute approximate surface area is 126 Å². The van der Waals surface area contributed by atoms with Gasteiger partial charge in [-0.05, 0) is 24.5 Å². The van der Waals surface area contributed by atoms with Crippen molar-refractivity contribution in [1.29, 1.82) is 0 Å². The molecule has 0 unspecified atom stereocenters. The van der Waals surface area contributed by atoms with Gasteiger partial charge >= 0.3 is 6.18 Å². The van der Waals surface area contributed by atoms with Crippen LogP contribution in [-0.2, 0) is 25.7 Å². The van der Waals surface area contributed by atoms with Gasteiger partial charge in [0.25, 0.3) is 0 Å². The molecule has 2 heterocycles. The lowest BCUT2D eigenvalue weighted by Gasteiger charge is -2.28. The molecule has 116 valence electrons. The fraction of sp³-hybridized carbons (Fsp3) is 0.375. The highest BCUT2D eigenvalue weighted by atomic mass is 19.4. The number of fused-ring (bicyclic) bond motifs is 1. The van der Waals surface area contributed by atoms with Crippen molar-refractivity contribution in [3.8, 4) is 0 Å². The van der Waals surface area contributed by atoms with Gasteiger partial charge in [0.2, 0.25) is 5.82 Å². The van der Waals surface area contributed by atoms with E-state index in [4.69, 9.17) is 0 Å². The van der Waals surface area contributed by atoms with Gasteiger partial charge in [0, 0.05) is 25.8 Å². The van der Waals surface area contributed by atoms with E-state index in [0.29, 0.717) is 25.2 Å². The summed E-state index contributed by atoms with van der Waals surface area (Å²) in [5.41, 5.74) is 3.64. The molecule has 1 aliphatic rings. The van der Waals surface area contributed by atoms with Crippen LogP contribution in [0.2, 0.25) is 0 Å². The minimum absolute atomic E-state index is 0.425. The van der Waals surface area contributed by atoms with E-state index in [-0.39, 0.29) is 0 Å². The number of aromatic nitrogens is 2. The molecule has 0 aliphatic carbocycles. The third-order valence-electron chi connectivity index (χ3n) is 3.77. The smallest absolute Gasteiger partial charge is 0.293 e. The Morgan fingerprint density at radius 3 is 2.82 bits per heavy atom. The van der Waals surface area contributed by atoms with Crippen molar-refractivity contribution in [2.75, 3.05) is 6.54 Å². The molecule has 1 aliphatic heterocycles. The van der Waals surface area contributed by atoms with Crippen LogP contribution in [0.3, 0.4) is 0 Å². The molecule has 0 radical (unpaired) electrons. The van der Waals surface area contributed by atoms with Crippen molar-refractivity contribution in [3.63, 3.8) is 0 Å². The predicted octanol–water partition coefficient (Wildman–Crippen LogP) is 3.36. The van der Waals surface area contributed by atoms with Crippen molar-refractivity contribution >= 4 is 0 Å². The Morgan fingerprint density at radius 2 is 2.09 bits per heavy atom. The quantitative estimate of drug-likeness (QED) is 0.852. The molecule has 0 amide bonds. The van der Waals surface area contributed by atoms with Gasteiger partial charge in [-0.3, -0.25) is 4.90 Å². The highest BCUT2D eigenvalue weighted by Crippen LogP contribution is 2.28. The number of aryl methyl sites for hydroxylation is 1. The molecular formula is C16H16F3N3. The average Bonchev–Trinajstić information content (AvgIpc) is 2.45. The minimum Gasteiger partial charge on any atom is -0.293 e. The zero-order valence-corrected chi connectivity index (χ0v) is 12.2. The van der Waals surface area contributed by atoms with Crippen molar-refractivity contribution in [1.82, 2.24) is 14.9 Å². The molecule has 0 saturated heterocycles. The molecule has 1 aromatic carbocycles. The normalized spacial score (nSPS) is 15.6. The van der Waals surface area contributed by atoms with E-state index >= 15 is 0 Å². The maximum absolute atomic E-state index is 12.7. The number of halogens is 3. The molecule has 6 heteroatoms. The fourth-order valence-corrected chi connectivity index (χ4v) is 2.70. The largest absolute Gasteiger partial charge is 0.451 e. The highest BCUT2D eigenvalue weighted by Gasteiger charge is 2.35. The van der Waals surface area contributed by atoms with Gasteiger partial charge in [-0.1, -0.05) is 29.8 Å². The van der Waals surface area contributed by atoms with Gasteiger partial charge in [-0.15, -0.1) is 0 Å². The summed E-state index contributed by atoms with van der Waals surface area (Å²) < 4.78 is 38.1. The second-order valence-electron chi connectivity index (χ2n) is 5.61. The summed E-state index contributed by atoms with van der Waals surface area (Å²) in [5.74, 6) is -1.05. The monoisotopic (exact) mass is 307 g/mol. The van der Waals surface area contributed by atoms with Crippen LogP contribution >= 0.6 is 0 Å². The van der Waals surface area contributed by atoms with E-state index in [1.165, 1.54) is 11.8 Å². The topological polar surface area (TPSA) is 29.0 Å². The Balaban J connectivity index is 1.78. The maximum Gasteiger partial charge on any atom is 0.451 e. The SMILES string of the molecule is Cc1cccc(CN2CCc3cnc(C(F)(F)F)nc3C2)c1. The van der Waals surface area contributed by atoms with Crippen molar-refractivity contribution < 1.29 is 13.2 Å². The Bertz CT molecular complexity index is 683. The summed E-state index contributed by atoms with van der Waals surface area (Å²) in [4.78, 5) is 9.26. The van der Waals surface area contributed by atoms with Gasteiger partial charge < -0.3 is 0 Å². The molecule has 2 aromatic rings. The first kappa shape index (κ1) is 15.0. The molecule has 22 heavy (non-hydrogen) atoms. The van der Waals surface area contributed by atoms with Gasteiger partial charge in [0.1, 0.15) is 0 Å². The molecule has 0 atom stereocenters. The van der Waals surface area contributed by atoms with E-state index in [9.17, 15) is 13.2 Å². The number of hydrogen-bond acceptors (Lipinski definition) is 3. The van der Waals surface area contributed by atoms with E-state index < -0.39 is 12.0 Å². The van der Waals surface area contributed by atoms with Crippen LogP contribution in [0.1, 0.15) is 28.2 Å². The van der Waals surface area contributed by atoms with E-state index in [2.05, 4.69) is 20.9 Å². The molecule has 0 saturated carbocycles. The van der Waals surface area contributed by atoms with Crippen LogP contribution < -0.4 is 0 Å². The summed E-state index contributed by atoms with van der Waals surface area (Å²) in [7, 11) is 0. The standard InChI is InChI=1S/C16H16F3N3/c1-11-3-2-4-12(7-11)9-22-6-5-13-8-20-15(16(17,18)19)21-14(13)10-22/h2-4,7-8H,5-6,9-10H2,1H3. The number of nitrogens with zero attached hydrogens (tertiary/aromatic N) is 3. The van der Waals surface area contributed by atoms with Crippen LogP contribution in [-0.4, -0.2) is 21.4 Å². The summed E-state index contributed by atoms with van der Waals surface area (Å²) in [6, 6.07) is 8.14. The molecule has 3 rings (SSSR count). The van der Waals surface area contributed by atoms with Crippen molar-refractivity contribution in [3.05, 3.63) is 58.7 Å². The predicted molar refractivity (Wildman–Crippen MR) is 76.0 cm³/mol. The lowest BCUT2D eigenvalue weighted by Crippen LogP contribution is -2.31. The molecule has 1 aromatic heterocycles. The molecule has 0 N–H and O–H groups in total. The van der Waals surface area contributed by atoms with Crippen molar-refractivity contribution in [2.45, 2.75) is 32.6 Å². The third kappa shape index (κ3) is 3.27. The molecule has 0 bridgehead atoms. The van der Waals surface area contributed by atoms with Crippen LogP contribution in [0, 0.1) is 6.92 Å². The first-order chi connectivity index (χ1) is 10.4. The number of benzene rings is 1. The number of hydrogen-bond donors (Lipinski definition) is 0. The summed E-state index contributed by atoms with van der Waals surface area (Å²) in [6.07, 6.45) is -2.50. The van der Waals surface area contributed by atoms with Crippen LogP contribution in [0.15, 0.2) is 30.5 Å². The van der Waals surface area contributed by atoms with Gasteiger partial charge in [-0.25, -0.2) is 9.97 Å². The van der Waals surface area contributed by atoms with Crippen LogP contribution in [0.5, 0.6) is 0 Å². The summed E-state index contributed by atoms with van der Waals surface area (Å²) in [5, 5.41) is 0. The third-order valence-corrected chi connectivity index (χ3v) is 3.77. The second kappa shape index (κ2) is 5.68. The molecule has 3 nitrogen and oxygen atoms in total. The molecular weight excluding hydrogens is 291 g/mol. The Morgan fingerprint density at radius 1 is 1.27 bits per heavy atom. The Hall–Kier alpha value is -1.95. The highest BCUT2D eigenvalue weighted by molar-refractivity contribution is 5.24. The maximum atomic E-state index is 12.7. The minimum atomic E-state index is -4.49.